The van der Waals surface area contributed by atoms with Gasteiger partial charge in [0.15, 0.2) is 0 Å². The summed E-state index contributed by atoms with van der Waals surface area (Å²) in [6, 6.07) is 11.1. The molecule has 0 bridgehead atoms. The first-order valence-corrected chi connectivity index (χ1v) is 4.84. The molecule has 0 N–H and O–H groups in total. The van der Waals surface area contributed by atoms with Crippen LogP contribution in [0.1, 0.15) is 25.3 Å². The summed E-state index contributed by atoms with van der Waals surface area (Å²) in [4.78, 5) is 0. The molecular weight excluding hydrogens is 188 g/mol. The van der Waals surface area contributed by atoms with Crippen LogP contribution in [0.4, 0.5) is 0 Å². The molecule has 0 amide bonds. The van der Waals surface area contributed by atoms with E-state index in [1.807, 2.05) is 13.0 Å². The average Bonchev–Trinajstić information content (AvgIpc) is 2.29. The normalized spacial score (nSPS) is 11.1. The predicted octanol–water partition coefficient (Wildman–Crippen LogP) is 2.63. The maximum absolute atomic E-state index is 8.70. The van der Waals surface area contributed by atoms with Gasteiger partial charge >= 0.3 is 0 Å². The highest BCUT2D eigenvalue weighted by molar-refractivity contribution is 5.36. The number of nitriles is 2. The molecule has 0 saturated heterocycles. The van der Waals surface area contributed by atoms with Crippen molar-refractivity contribution >= 4 is 0 Å². The summed E-state index contributed by atoms with van der Waals surface area (Å²) in [5.74, 6) is 0.649. The van der Waals surface area contributed by atoms with Gasteiger partial charge in [0, 0.05) is 0 Å². The molecule has 1 atom stereocenters. The third-order valence-corrected chi connectivity index (χ3v) is 2.04. The Hall–Kier alpha value is -2.00. The Morgan fingerprint density at radius 3 is 2.80 bits per heavy atom. The van der Waals surface area contributed by atoms with Crippen LogP contribution in [0.3, 0.4) is 0 Å². The van der Waals surface area contributed by atoms with E-state index in [4.69, 9.17) is 15.3 Å². The highest BCUT2D eigenvalue weighted by atomic mass is 16.5. The van der Waals surface area contributed by atoms with E-state index in [1.165, 1.54) is 0 Å². The zero-order chi connectivity index (χ0) is 11.1. The third kappa shape index (κ3) is 3.32. The van der Waals surface area contributed by atoms with Crippen LogP contribution in [-0.2, 0) is 0 Å². The predicted molar refractivity (Wildman–Crippen MR) is 56.1 cm³/mol. The van der Waals surface area contributed by atoms with Gasteiger partial charge in [0.25, 0.3) is 0 Å². The summed E-state index contributed by atoms with van der Waals surface area (Å²) in [6.45, 7) is 1.97. The monoisotopic (exact) mass is 200 g/mol. The van der Waals surface area contributed by atoms with Crippen molar-refractivity contribution < 1.29 is 4.74 Å². The van der Waals surface area contributed by atoms with Crippen LogP contribution in [0.25, 0.3) is 0 Å². The molecule has 1 aromatic carbocycles. The van der Waals surface area contributed by atoms with Crippen molar-refractivity contribution in [3.63, 3.8) is 0 Å². The van der Waals surface area contributed by atoms with Gasteiger partial charge in [-0.25, -0.2) is 0 Å². The fraction of sp³-hybridized carbons (Fsp3) is 0.333. The van der Waals surface area contributed by atoms with Crippen molar-refractivity contribution in [3.05, 3.63) is 29.8 Å². The molecule has 0 heterocycles. The Labute approximate surface area is 89.5 Å². The van der Waals surface area contributed by atoms with Crippen molar-refractivity contribution in [1.82, 2.24) is 0 Å². The minimum Gasteiger partial charge on any atom is -0.489 e. The summed E-state index contributed by atoms with van der Waals surface area (Å²) < 4.78 is 5.57. The SMILES string of the molecule is CCC(CC#N)Oc1cccc(C#N)c1. The summed E-state index contributed by atoms with van der Waals surface area (Å²) >= 11 is 0. The largest absolute Gasteiger partial charge is 0.489 e. The van der Waals surface area contributed by atoms with Crippen LogP contribution in [0.5, 0.6) is 5.75 Å². The Kier molecular flexibility index (Phi) is 4.19. The second-order valence-electron chi connectivity index (χ2n) is 3.15. The Balaban J connectivity index is 2.72. The minimum absolute atomic E-state index is 0.0936. The van der Waals surface area contributed by atoms with Gasteiger partial charge in [0.2, 0.25) is 0 Å². The van der Waals surface area contributed by atoms with E-state index in [0.717, 1.165) is 6.42 Å². The molecule has 1 unspecified atom stereocenters. The van der Waals surface area contributed by atoms with Crippen molar-refractivity contribution in [2.24, 2.45) is 0 Å². The van der Waals surface area contributed by atoms with E-state index in [1.54, 1.807) is 24.3 Å². The molecule has 3 nitrogen and oxygen atoms in total. The second-order valence-corrected chi connectivity index (χ2v) is 3.15. The lowest BCUT2D eigenvalue weighted by Crippen LogP contribution is -2.14. The minimum atomic E-state index is -0.0936. The summed E-state index contributed by atoms with van der Waals surface area (Å²) in [5, 5.41) is 17.3. The Morgan fingerprint density at radius 1 is 1.40 bits per heavy atom. The number of ether oxygens (including phenoxy) is 1. The first-order valence-electron chi connectivity index (χ1n) is 4.84. The van der Waals surface area contributed by atoms with Crippen LogP contribution < -0.4 is 4.74 Å². The molecule has 0 saturated carbocycles. The molecule has 76 valence electrons. The Morgan fingerprint density at radius 2 is 2.20 bits per heavy atom. The number of hydrogen-bond acceptors (Lipinski definition) is 3. The third-order valence-electron chi connectivity index (χ3n) is 2.04. The molecule has 0 aliphatic rings. The van der Waals surface area contributed by atoms with Gasteiger partial charge in [-0.3, -0.25) is 0 Å². The van der Waals surface area contributed by atoms with Gasteiger partial charge in [-0.15, -0.1) is 0 Å². The maximum Gasteiger partial charge on any atom is 0.121 e. The van der Waals surface area contributed by atoms with Gasteiger partial charge in [0.05, 0.1) is 24.1 Å². The molecular formula is C12H12N2O. The second kappa shape index (κ2) is 5.67. The van der Waals surface area contributed by atoms with E-state index in [9.17, 15) is 0 Å². The fourth-order valence-electron chi connectivity index (χ4n) is 1.20. The zero-order valence-corrected chi connectivity index (χ0v) is 8.60. The van der Waals surface area contributed by atoms with Crippen LogP contribution >= 0.6 is 0 Å². The molecule has 0 spiro atoms. The first-order chi connectivity index (χ1) is 7.30. The molecule has 0 radical (unpaired) electrons. The molecule has 1 rings (SSSR count). The van der Waals surface area contributed by atoms with Crippen molar-refractivity contribution in [2.75, 3.05) is 0 Å². The van der Waals surface area contributed by atoms with Gasteiger partial charge in [0.1, 0.15) is 11.9 Å². The molecule has 0 aliphatic heterocycles. The van der Waals surface area contributed by atoms with Gasteiger partial charge < -0.3 is 4.74 Å². The lowest BCUT2D eigenvalue weighted by atomic mass is 10.2. The summed E-state index contributed by atoms with van der Waals surface area (Å²) in [5.41, 5.74) is 0.569. The molecule has 1 aromatic rings. The lowest BCUT2D eigenvalue weighted by Gasteiger charge is -2.14. The van der Waals surface area contributed by atoms with E-state index < -0.39 is 0 Å². The molecule has 0 aliphatic carbocycles. The fourth-order valence-corrected chi connectivity index (χ4v) is 1.20. The number of hydrogen-bond donors (Lipinski definition) is 0. The van der Waals surface area contributed by atoms with Crippen LogP contribution in [0, 0.1) is 22.7 Å². The van der Waals surface area contributed by atoms with Gasteiger partial charge in [-0.05, 0) is 24.6 Å². The van der Waals surface area contributed by atoms with Crippen molar-refractivity contribution in [3.8, 4) is 17.9 Å². The van der Waals surface area contributed by atoms with Crippen LogP contribution in [-0.4, -0.2) is 6.10 Å². The van der Waals surface area contributed by atoms with Crippen molar-refractivity contribution in [1.29, 1.82) is 10.5 Å². The lowest BCUT2D eigenvalue weighted by molar-refractivity contribution is 0.202. The molecule has 15 heavy (non-hydrogen) atoms. The van der Waals surface area contributed by atoms with Gasteiger partial charge in [-0.1, -0.05) is 13.0 Å². The summed E-state index contributed by atoms with van der Waals surface area (Å²) in [7, 11) is 0. The topological polar surface area (TPSA) is 56.8 Å². The standard InChI is InChI=1S/C12H12N2O/c1-2-11(6-7-13)15-12-5-3-4-10(8-12)9-14/h3-5,8,11H,2,6H2,1H3. The highest BCUT2D eigenvalue weighted by Gasteiger charge is 2.07. The van der Waals surface area contributed by atoms with E-state index in [2.05, 4.69) is 6.07 Å². The Bertz CT molecular complexity index is 401. The van der Waals surface area contributed by atoms with E-state index in [0.29, 0.717) is 17.7 Å². The average molecular weight is 200 g/mol. The van der Waals surface area contributed by atoms with E-state index >= 15 is 0 Å². The van der Waals surface area contributed by atoms with E-state index in [-0.39, 0.29) is 6.10 Å². The van der Waals surface area contributed by atoms with Crippen molar-refractivity contribution in [2.45, 2.75) is 25.9 Å². The number of benzene rings is 1. The number of rotatable bonds is 4. The molecule has 0 aromatic heterocycles. The molecule has 3 heteroatoms. The zero-order valence-electron chi connectivity index (χ0n) is 8.60. The molecule has 0 fully saturated rings. The smallest absolute Gasteiger partial charge is 0.121 e. The maximum atomic E-state index is 8.70. The van der Waals surface area contributed by atoms with Gasteiger partial charge in [-0.2, -0.15) is 10.5 Å². The van der Waals surface area contributed by atoms with Crippen LogP contribution in [0.2, 0.25) is 0 Å². The quantitative estimate of drug-likeness (QED) is 0.750. The van der Waals surface area contributed by atoms with Crippen LogP contribution in [0.15, 0.2) is 24.3 Å². The first kappa shape index (κ1) is 11.1. The number of nitrogens with zero attached hydrogens (tertiary/aromatic N) is 2. The summed E-state index contributed by atoms with van der Waals surface area (Å²) in [6.07, 6.45) is 1.06. The highest BCUT2D eigenvalue weighted by Crippen LogP contribution is 2.16.